The first-order valence-electron chi connectivity index (χ1n) is 9.63. The average molecular weight is 404 g/mol. The van der Waals surface area contributed by atoms with Crippen LogP contribution < -0.4 is 10.0 Å². The molecular formula is C23H21N3O2S. The van der Waals surface area contributed by atoms with Crippen LogP contribution in [0.4, 0.5) is 5.69 Å². The fourth-order valence-corrected chi connectivity index (χ4v) is 4.95. The summed E-state index contributed by atoms with van der Waals surface area (Å²) in [6.07, 6.45) is 5.15. The maximum Gasteiger partial charge on any atom is 0.261 e. The smallest absolute Gasteiger partial charge is 0.261 e. The van der Waals surface area contributed by atoms with Gasteiger partial charge in [0.05, 0.1) is 4.90 Å². The highest BCUT2D eigenvalue weighted by molar-refractivity contribution is 7.92. The van der Waals surface area contributed by atoms with Gasteiger partial charge in [-0.25, -0.2) is 8.42 Å². The van der Waals surface area contributed by atoms with Gasteiger partial charge in [0.2, 0.25) is 0 Å². The lowest BCUT2D eigenvalue weighted by atomic mass is 9.99. The number of nitrogens with one attached hydrogen (secondary N) is 3. The Hall–Kier alpha value is -3.09. The summed E-state index contributed by atoms with van der Waals surface area (Å²) in [5.41, 5.74) is 3.96. The lowest BCUT2D eigenvalue weighted by Gasteiger charge is -2.14. The first-order chi connectivity index (χ1) is 14.1. The number of hydrogen-bond acceptors (Lipinski definition) is 3. The minimum Gasteiger partial charge on any atom is -0.361 e. The maximum absolute atomic E-state index is 13.0. The van der Waals surface area contributed by atoms with Crippen LogP contribution in [0.5, 0.6) is 0 Å². The molecule has 3 N–H and O–H groups in total. The van der Waals surface area contributed by atoms with Gasteiger partial charge >= 0.3 is 0 Å². The molecule has 2 heterocycles. The Morgan fingerprint density at radius 2 is 1.79 bits per heavy atom. The largest absolute Gasteiger partial charge is 0.361 e. The molecule has 1 aliphatic rings. The number of sulfonamides is 1. The molecule has 1 aromatic heterocycles. The third-order valence-corrected chi connectivity index (χ3v) is 6.75. The second-order valence-electron chi connectivity index (χ2n) is 7.26. The van der Waals surface area contributed by atoms with E-state index in [-0.39, 0.29) is 4.90 Å². The molecule has 0 amide bonds. The number of hydrogen-bond donors (Lipinski definition) is 3. The standard InChI is InChI=1S/C23H21N3O2S/c27-29(28,20-7-5-16-3-1-2-4-18(16)13-20)26-19-6-8-23-21(14-19)22(15-25-23)17-9-11-24-12-10-17/h1-9,13-15,24-26H,10-12H2. The predicted molar refractivity (Wildman–Crippen MR) is 119 cm³/mol. The van der Waals surface area contributed by atoms with Crippen molar-refractivity contribution in [2.45, 2.75) is 11.3 Å². The summed E-state index contributed by atoms with van der Waals surface area (Å²) in [6.45, 7) is 1.81. The van der Waals surface area contributed by atoms with Crippen molar-refractivity contribution in [3.05, 3.63) is 78.5 Å². The summed E-state index contributed by atoms with van der Waals surface area (Å²) in [5, 5.41) is 6.26. The number of aromatic nitrogens is 1. The number of H-pyrrole nitrogens is 1. The van der Waals surface area contributed by atoms with Crippen molar-refractivity contribution >= 4 is 43.0 Å². The molecule has 0 bridgehead atoms. The van der Waals surface area contributed by atoms with E-state index in [9.17, 15) is 8.42 Å². The zero-order chi connectivity index (χ0) is 19.8. The van der Waals surface area contributed by atoms with E-state index in [0.29, 0.717) is 5.69 Å². The van der Waals surface area contributed by atoms with Gasteiger partial charge in [0.15, 0.2) is 0 Å². The molecule has 0 fully saturated rings. The topological polar surface area (TPSA) is 74.0 Å². The Balaban J connectivity index is 1.50. The van der Waals surface area contributed by atoms with Gasteiger partial charge in [-0.3, -0.25) is 4.72 Å². The van der Waals surface area contributed by atoms with E-state index in [0.717, 1.165) is 46.7 Å². The summed E-state index contributed by atoms with van der Waals surface area (Å²) in [4.78, 5) is 3.55. The Morgan fingerprint density at radius 1 is 0.931 bits per heavy atom. The monoisotopic (exact) mass is 403 g/mol. The normalized spacial score (nSPS) is 14.8. The first-order valence-corrected chi connectivity index (χ1v) is 11.1. The number of rotatable bonds is 4. The van der Waals surface area contributed by atoms with E-state index in [1.807, 2.05) is 48.7 Å². The second kappa shape index (κ2) is 7.06. The van der Waals surface area contributed by atoms with E-state index in [4.69, 9.17) is 0 Å². The quantitative estimate of drug-likeness (QED) is 0.470. The van der Waals surface area contributed by atoms with Crippen LogP contribution in [-0.4, -0.2) is 26.5 Å². The van der Waals surface area contributed by atoms with Crippen LogP contribution in [-0.2, 0) is 10.0 Å². The van der Waals surface area contributed by atoms with Gasteiger partial charge in [-0.15, -0.1) is 0 Å². The SMILES string of the molecule is O=S(=O)(Nc1ccc2[nH]cc(C3=CCNCC3)c2c1)c1ccc2ccccc2c1. The number of fused-ring (bicyclic) bond motifs is 2. The van der Waals surface area contributed by atoms with Crippen molar-refractivity contribution in [3.8, 4) is 0 Å². The third-order valence-electron chi connectivity index (χ3n) is 5.38. The molecule has 4 aromatic rings. The number of aromatic amines is 1. The van der Waals surface area contributed by atoms with Gasteiger partial charge in [0, 0.05) is 34.9 Å². The van der Waals surface area contributed by atoms with E-state index in [1.165, 1.54) is 5.57 Å². The summed E-state index contributed by atoms with van der Waals surface area (Å²) in [5.74, 6) is 0. The van der Waals surface area contributed by atoms with Gasteiger partial charge in [-0.05, 0) is 59.6 Å². The molecule has 1 aliphatic heterocycles. The van der Waals surface area contributed by atoms with Gasteiger partial charge in [-0.2, -0.15) is 0 Å². The van der Waals surface area contributed by atoms with E-state index in [2.05, 4.69) is 21.1 Å². The Labute approximate surface area is 169 Å². The molecule has 0 spiro atoms. The highest BCUT2D eigenvalue weighted by Gasteiger charge is 2.16. The van der Waals surface area contributed by atoms with E-state index < -0.39 is 10.0 Å². The van der Waals surface area contributed by atoms with Gasteiger partial charge in [-0.1, -0.05) is 36.4 Å². The third kappa shape index (κ3) is 3.41. The predicted octanol–water partition coefficient (Wildman–Crippen LogP) is 4.50. The molecule has 29 heavy (non-hydrogen) atoms. The molecule has 6 heteroatoms. The lowest BCUT2D eigenvalue weighted by molar-refractivity contribution is 0.601. The Kier molecular flexibility index (Phi) is 4.38. The van der Waals surface area contributed by atoms with Crippen LogP contribution >= 0.6 is 0 Å². The van der Waals surface area contributed by atoms with Crippen LogP contribution in [0.15, 0.2) is 77.8 Å². The number of anilines is 1. The Bertz CT molecular complexity index is 1350. The highest BCUT2D eigenvalue weighted by atomic mass is 32.2. The van der Waals surface area contributed by atoms with Gasteiger partial charge < -0.3 is 10.3 Å². The minimum atomic E-state index is -3.68. The molecule has 0 unspecified atom stereocenters. The fraction of sp³-hybridized carbons (Fsp3) is 0.130. The fourth-order valence-electron chi connectivity index (χ4n) is 3.87. The summed E-state index contributed by atoms with van der Waals surface area (Å²) in [7, 11) is -3.68. The van der Waals surface area contributed by atoms with E-state index >= 15 is 0 Å². The molecule has 3 aromatic carbocycles. The molecule has 5 rings (SSSR count). The van der Waals surface area contributed by atoms with Crippen LogP contribution in [0.3, 0.4) is 0 Å². The van der Waals surface area contributed by atoms with Crippen molar-refractivity contribution < 1.29 is 8.42 Å². The van der Waals surface area contributed by atoms with Gasteiger partial charge in [0.1, 0.15) is 0 Å². The molecule has 5 nitrogen and oxygen atoms in total. The minimum absolute atomic E-state index is 0.256. The molecule has 0 saturated carbocycles. The summed E-state index contributed by atoms with van der Waals surface area (Å²) < 4.78 is 28.7. The van der Waals surface area contributed by atoms with E-state index in [1.54, 1.807) is 18.2 Å². The molecule has 0 aliphatic carbocycles. The average Bonchev–Trinajstić information content (AvgIpc) is 3.17. The van der Waals surface area contributed by atoms with Crippen molar-refractivity contribution in [2.24, 2.45) is 0 Å². The lowest BCUT2D eigenvalue weighted by Crippen LogP contribution is -2.19. The van der Waals surface area contributed by atoms with Crippen LogP contribution in [0.2, 0.25) is 0 Å². The van der Waals surface area contributed by atoms with Crippen LogP contribution in [0.1, 0.15) is 12.0 Å². The van der Waals surface area contributed by atoms with Crippen molar-refractivity contribution in [2.75, 3.05) is 17.8 Å². The van der Waals surface area contributed by atoms with Crippen molar-refractivity contribution in [1.82, 2.24) is 10.3 Å². The number of benzene rings is 3. The van der Waals surface area contributed by atoms with Crippen LogP contribution in [0, 0.1) is 0 Å². The molecule has 0 radical (unpaired) electrons. The molecule has 0 saturated heterocycles. The van der Waals surface area contributed by atoms with Crippen LogP contribution in [0.25, 0.3) is 27.2 Å². The van der Waals surface area contributed by atoms with Crippen molar-refractivity contribution in [1.29, 1.82) is 0 Å². The zero-order valence-electron chi connectivity index (χ0n) is 15.8. The summed E-state index contributed by atoms with van der Waals surface area (Å²) >= 11 is 0. The molecule has 146 valence electrons. The molecular weight excluding hydrogens is 382 g/mol. The maximum atomic E-state index is 13.0. The van der Waals surface area contributed by atoms with Crippen molar-refractivity contribution in [3.63, 3.8) is 0 Å². The highest BCUT2D eigenvalue weighted by Crippen LogP contribution is 2.31. The zero-order valence-corrected chi connectivity index (χ0v) is 16.6. The Morgan fingerprint density at radius 3 is 2.62 bits per heavy atom. The summed E-state index contributed by atoms with van der Waals surface area (Å²) in [6, 6.07) is 18.5. The van der Waals surface area contributed by atoms with Gasteiger partial charge in [0.25, 0.3) is 10.0 Å². The first kappa shape index (κ1) is 18.0. The molecule has 0 atom stereocenters. The second-order valence-corrected chi connectivity index (χ2v) is 8.94.